The number of alkyl halides is 2. The van der Waals surface area contributed by atoms with Crippen LogP contribution in [-0.2, 0) is 0 Å². The Morgan fingerprint density at radius 2 is 1.00 bits per heavy atom. The van der Waals surface area contributed by atoms with Crippen LogP contribution in [0.15, 0.2) is 0 Å². The second-order valence-corrected chi connectivity index (χ2v) is 1.13. The third-order valence-electron chi connectivity index (χ3n) is 0.0714. The second-order valence-electron chi connectivity index (χ2n) is 0.378. The molecule has 0 aliphatic heterocycles. The van der Waals surface area contributed by atoms with Crippen LogP contribution in [0.25, 0.3) is 0 Å². The predicted octanol–water partition coefficient (Wildman–Crippen LogP) is 2.62. The quantitative estimate of drug-likeness (QED) is 0.636. The minimum atomic E-state index is 0. The minimum Gasteiger partial charge on any atom is -0.125 e. The molecule has 0 bridgehead atoms. The summed E-state index contributed by atoms with van der Waals surface area (Å²) in [6.45, 7) is 0. The summed E-state index contributed by atoms with van der Waals surface area (Å²) >= 11 is 10.1. The second kappa shape index (κ2) is 16.0. The fourth-order valence-corrected chi connectivity index (χ4v) is 0. The summed E-state index contributed by atoms with van der Waals surface area (Å²) in [6, 6.07) is 0. The van der Waals surface area contributed by atoms with E-state index in [-0.39, 0.29) is 34.0 Å². The molecule has 0 rings (SSSR count). The van der Waals surface area contributed by atoms with Gasteiger partial charge >= 0.3 is 0 Å². The molecule has 4 heteroatoms. The monoisotopic (exact) mass is 258 g/mol. The van der Waals surface area contributed by atoms with E-state index in [4.69, 9.17) is 23.2 Å². The lowest BCUT2D eigenvalue weighted by Crippen LogP contribution is -1.63. The average molecular weight is 261 g/mol. The van der Waals surface area contributed by atoms with Gasteiger partial charge in [0.25, 0.3) is 0 Å². The maximum Gasteiger partial charge on any atom is 0.0359 e. The van der Waals surface area contributed by atoms with Crippen LogP contribution in [0.1, 0.15) is 0 Å². The Hall–Kier alpha value is 1.54. The summed E-state index contributed by atoms with van der Waals surface area (Å²) in [7, 11) is 0. The summed E-state index contributed by atoms with van der Waals surface area (Å²) in [5.41, 5.74) is 0. The topological polar surface area (TPSA) is 0 Å². The van der Waals surface area contributed by atoms with Crippen LogP contribution in [0.2, 0.25) is 0 Å². The standard InChI is InChI=1S/C2H4Cl2.2BrH/c3-1-2-4;;/h1-2H2;2*1H. The van der Waals surface area contributed by atoms with Crippen molar-refractivity contribution in [3.8, 4) is 0 Å². The predicted molar refractivity (Wildman–Crippen MR) is 42.1 cm³/mol. The highest BCUT2D eigenvalue weighted by Gasteiger charge is 1.61. The van der Waals surface area contributed by atoms with Gasteiger partial charge in [-0.15, -0.1) is 57.2 Å². The molecular formula is C2H6Br2Cl2. The van der Waals surface area contributed by atoms with Crippen LogP contribution in [0.3, 0.4) is 0 Å². The fraction of sp³-hybridized carbons (Fsp3) is 1.00. The molecule has 0 aromatic heterocycles. The van der Waals surface area contributed by atoms with Crippen molar-refractivity contribution in [3.63, 3.8) is 0 Å². The van der Waals surface area contributed by atoms with Crippen molar-refractivity contribution in [2.75, 3.05) is 11.8 Å². The zero-order valence-corrected chi connectivity index (χ0v) is 7.92. The van der Waals surface area contributed by atoms with Gasteiger partial charge in [-0.05, 0) is 0 Å². The van der Waals surface area contributed by atoms with Gasteiger partial charge in [0.05, 0.1) is 0 Å². The van der Waals surface area contributed by atoms with E-state index in [1.165, 1.54) is 0 Å². The fourth-order valence-electron chi connectivity index (χ4n) is 0. The molecule has 0 aromatic carbocycles. The third-order valence-corrected chi connectivity index (χ3v) is 0.643. The molecule has 0 spiro atoms. The van der Waals surface area contributed by atoms with Gasteiger partial charge in [-0.3, -0.25) is 0 Å². The lowest BCUT2D eigenvalue weighted by atomic mass is 11.0. The molecule has 0 aliphatic carbocycles. The van der Waals surface area contributed by atoms with Gasteiger partial charge in [0, 0.05) is 11.8 Å². The number of hydrogen-bond acceptors (Lipinski definition) is 0. The molecule has 0 radical (unpaired) electrons. The maximum atomic E-state index is 5.05. The van der Waals surface area contributed by atoms with Gasteiger partial charge in [0.1, 0.15) is 0 Å². The molecule has 0 N–H and O–H groups in total. The van der Waals surface area contributed by atoms with E-state index in [1.807, 2.05) is 0 Å². The van der Waals surface area contributed by atoms with E-state index in [0.29, 0.717) is 11.8 Å². The molecule has 0 heterocycles. The first kappa shape index (κ1) is 15.6. The molecule has 0 nitrogen and oxygen atoms in total. The van der Waals surface area contributed by atoms with Crippen LogP contribution < -0.4 is 0 Å². The smallest absolute Gasteiger partial charge is 0.0359 e. The van der Waals surface area contributed by atoms with Crippen LogP contribution in [0.5, 0.6) is 0 Å². The van der Waals surface area contributed by atoms with Gasteiger partial charge in [0.2, 0.25) is 0 Å². The Balaban J connectivity index is -0.0000000450. The van der Waals surface area contributed by atoms with Crippen molar-refractivity contribution in [2.45, 2.75) is 0 Å². The molecule has 0 aliphatic rings. The minimum absolute atomic E-state index is 0. The van der Waals surface area contributed by atoms with Crippen LogP contribution in [-0.4, -0.2) is 11.8 Å². The van der Waals surface area contributed by atoms with Crippen LogP contribution >= 0.6 is 57.2 Å². The van der Waals surface area contributed by atoms with E-state index in [2.05, 4.69) is 0 Å². The third kappa shape index (κ3) is 17.7. The van der Waals surface area contributed by atoms with E-state index in [0.717, 1.165) is 0 Å². The van der Waals surface area contributed by atoms with Crippen LogP contribution in [0, 0.1) is 0 Å². The van der Waals surface area contributed by atoms with Crippen molar-refractivity contribution in [1.29, 1.82) is 0 Å². The highest BCUT2D eigenvalue weighted by Crippen LogP contribution is 1.75. The first-order chi connectivity index (χ1) is 1.91. The van der Waals surface area contributed by atoms with Crippen molar-refractivity contribution < 1.29 is 0 Å². The van der Waals surface area contributed by atoms with Crippen molar-refractivity contribution >= 4 is 57.2 Å². The lowest BCUT2D eigenvalue weighted by molar-refractivity contribution is 1.52. The van der Waals surface area contributed by atoms with E-state index < -0.39 is 0 Å². The summed E-state index contributed by atoms with van der Waals surface area (Å²) in [5, 5.41) is 0. The van der Waals surface area contributed by atoms with Gasteiger partial charge < -0.3 is 0 Å². The Morgan fingerprint density at radius 3 is 1.00 bits per heavy atom. The first-order valence-corrected chi connectivity index (χ1v) is 2.10. The lowest BCUT2D eigenvalue weighted by Gasteiger charge is -1.63. The zero-order chi connectivity index (χ0) is 3.41. The van der Waals surface area contributed by atoms with Gasteiger partial charge in [-0.1, -0.05) is 0 Å². The molecule has 42 valence electrons. The Labute approximate surface area is 68.7 Å². The molecular weight excluding hydrogens is 255 g/mol. The number of halogens is 4. The Morgan fingerprint density at radius 1 is 0.833 bits per heavy atom. The molecule has 6 heavy (non-hydrogen) atoms. The highest BCUT2D eigenvalue weighted by atomic mass is 79.9. The van der Waals surface area contributed by atoms with Crippen LogP contribution in [0.4, 0.5) is 0 Å². The van der Waals surface area contributed by atoms with E-state index >= 15 is 0 Å². The summed E-state index contributed by atoms with van der Waals surface area (Å²) in [6.07, 6.45) is 0. The van der Waals surface area contributed by atoms with Crippen molar-refractivity contribution in [2.24, 2.45) is 0 Å². The van der Waals surface area contributed by atoms with Gasteiger partial charge in [-0.2, -0.15) is 0 Å². The highest BCUT2D eigenvalue weighted by molar-refractivity contribution is 8.93. The molecule has 0 fully saturated rings. The number of hydrogen-bond donors (Lipinski definition) is 0. The Kier molecular flexibility index (Phi) is 41.8. The largest absolute Gasteiger partial charge is 0.125 e. The van der Waals surface area contributed by atoms with E-state index in [1.54, 1.807) is 0 Å². The SMILES string of the molecule is Br.Br.ClCCCl. The summed E-state index contributed by atoms with van der Waals surface area (Å²) < 4.78 is 0. The summed E-state index contributed by atoms with van der Waals surface area (Å²) in [5.74, 6) is 1.11. The van der Waals surface area contributed by atoms with Crippen molar-refractivity contribution in [1.82, 2.24) is 0 Å². The van der Waals surface area contributed by atoms with Crippen molar-refractivity contribution in [3.05, 3.63) is 0 Å². The van der Waals surface area contributed by atoms with Gasteiger partial charge in [0.15, 0.2) is 0 Å². The zero-order valence-electron chi connectivity index (χ0n) is 2.99. The molecule has 0 amide bonds. The van der Waals surface area contributed by atoms with Gasteiger partial charge in [-0.25, -0.2) is 0 Å². The van der Waals surface area contributed by atoms with E-state index in [9.17, 15) is 0 Å². The summed E-state index contributed by atoms with van der Waals surface area (Å²) in [4.78, 5) is 0. The molecule has 0 unspecified atom stereocenters. The average Bonchev–Trinajstić information content (AvgIpc) is 1.37. The first-order valence-electron chi connectivity index (χ1n) is 1.03. The molecule has 0 aromatic rings. The molecule has 0 atom stereocenters. The molecule has 0 saturated carbocycles. The Bertz CT molecular complexity index is 11.5. The number of rotatable bonds is 1. The molecule has 0 saturated heterocycles. The maximum absolute atomic E-state index is 5.05. The normalized spacial score (nSPS) is 5.00.